The van der Waals surface area contributed by atoms with Gasteiger partial charge in [0.15, 0.2) is 0 Å². The van der Waals surface area contributed by atoms with Crippen molar-refractivity contribution in [3.63, 3.8) is 0 Å². The molecule has 2 aliphatic heterocycles. The molecule has 2 N–H and O–H groups in total. The average molecular weight is 649 g/mol. The van der Waals surface area contributed by atoms with Crippen LogP contribution in [0, 0.1) is 0 Å². The summed E-state index contributed by atoms with van der Waals surface area (Å²) in [5, 5.41) is 3.58. The van der Waals surface area contributed by atoms with Gasteiger partial charge < -0.3 is 24.8 Å². The second-order valence-corrected chi connectivity index (χ2v) is 12.7. The van der Waals surface area contributed by atoms with Gasteiger partial charge in [0.25, 0.3) is 0 Å². The van der Waals surface area contributed by atoms with Crippen molar-refractivity contribution in [3.8, 4) is 11.5 Å². The van der Waals surface area contributed by atoms with Gasteiger partial charge in [0.05, 0.1) is 40.4 Å². The number of urea groups is 1. The standard InChI is InChI=1S/C34H39F3N8O2/c1-3-21-18-45(33(46)41-24-14-27(34(35,36)37)29(39-16-24)20-44-11-9-43(4-2)10-12-44)19-23-13-25(17-40-31(21)23)47-30-7-8-38-32-26(30)15-28(42-32)22-5-6-22/h7-8,13-17,21-22H,3-6,9-12,18-20H2,1-2H3,(H,38,42)(H,41,46). The zero-order valence-electron chi connectivity index (χ0n) is 26.6. The Hall–Kier alpha value is -4.23. The summed E-state index contributed by atoms with van der Waals surface area (Å²) in [6, 6.07) is 6.32. The summed E-state index contributed by atoms with van der Waals surface area (Å²) in [7, 11) is 0. The van der Waals surface area contributed by atoms with E-state index in [2.05, 4.69) is 38.2 Å². The number of ether oxygens (including phenoxy) is 1. The fraction of sp³-hybridized carbons (Fsp3) is 0.471. The first-order valence-electron chi connectivity index (χ1n) is 16.4. The van der Waals surface area contributed by atoms with Crippen LogP contribution in [-0.2, 0) is 19.3 Å². The van der Waals surface area contributed by atoms with Crippen LogP contribution < -0.4 is 10.1 Å². The highest BCUT2D eigenvalue weighted by Gasteiger charge is 2.36. The summed E-state index contributed by atoms with van der Waals surface area (Å²) in [5.74, 6) is 1.72. The molecule has 1 unspecified atom stereocenters. The molecule has 7 rings (SSSR count). The number of pyridine rings is 3. The third-order valence-electron chi connectivity index (χ3n) is 9.52. The van der Waals surface area contributed by atoms with Crippen LogP contribution in [0.5, 0.6) is 11.5 Å². The molecule has 1 saturated heterocycles. The second kappa shape index (κ2) is 12.8. The third-order valence-corrected chi connectivity index (χ3v) is 9.52. The zero-order chi connectivity index (χ0) is 32.7. The second-order valence-electron chi connectivity index (χ2n) is 12.7. The van der Waals surface area contributed by atoms with Crippen molar-refractivity contribution in [1.82, 2.24) is 34.6 Å². The van der Waals surface area contributed by atoms with Crippen molar-refractivity contribution in [2.75, 3.05) is 44.6 Å². The minimum Gasteiger partial charge on any atom is -0.455 e. The van der Waals surface area contributed by atoms with Gasteiger partial charge in [-0.2, -0.15) is 13.2 Å². The van der Waals surface area contributed by atoms with Gasteiger partial charge in [0.1, 0.15) is 17.1 Å². The zero-order valence-corrected chi connectivity index (χ0v) is 26.6. The molecule has 13 heteroatoms. The number of halogens is 3. The molecule has 6 heterocycles. The Morgan fingerprint density at radius 3 is 2.55 bits per heavy atom. The molecule has 0 aromatic carbocycles. The lowest BCUT2D eigenvalue weighted by Crippen LogP contribution is -2.45. The van der Waals surface area contributed by atoms with E-state index in [0.29, 0.717) is 37.1 Å². The van der Waals surface area contributed by atoms with E-state index in [1.165, 1.54) is 19.0 Å². The summed E-state index contributed by atoms with van der Waals surface area (Å²) >= 11 is 0. The Labute approximate surface area is 271 Å². The number of hydrogen-bond donors (Lipinski definition) is 2. The van der Waals surface area contributed by atoms with Crippen molar-refractivity contribution < 1.29 is 22.7 Å². The van der Waals surface area contributed by atoms with Crippen molar-refractivity contribution >= 4 is 22.8 Å². The first kappa shape index (κ1) is 31.4. The van der Waals surface area contributed by atoms with Crippen LogP contribution in [-0.4, -0.2) is 79.9 Å². The van der Waals surface area contributed by atoms with Crippen LogP contribution in [0.1, 0.15) is 73.2 Å². The molecule has 4 aromatic rings. The predicted octanol–water partition coefficient (Wildman–Crippen LogP) is 6.72. The lowest BCUT2D eigenvalue weighted by Gasteiger charge is -2.34. The summed E-state index contributed by atoms with van der Waals surface area (Å²) in [6.45, 7) is 8.76. The molecular formula is C34H39F3N8O2. The number of nitrogens with zero attached hydrogens (tertiary/aromatic N) is 6. The number of likely N-dealkylation sites (N-methyl/N-ethyl adjacent to an activating group) is 1. The summed E-state index contributed by atoms with van der Waals surface area (Å²) in [4.78, 5) is 36.1. The van der Waals surface area contributed by atoms with E-state index in [0.717, 1.165) is 60.1 Å². The molecule has 2 fully saturated rings. The molecule has 1 saturated carbocycles. The Bertz CT molecular complexity index is 1760. The molecule has 10 nitrogen and oxygen atoms in total. The topological polar surface area (TPSA) is 103 Å². The van der Waals surface area contributed by atoms with Gasteiger partial charge in [-0.15, -0.1) is 0 Å². The van der Waals surface area contributed by atoms with E-state index < -0.39 is 17.8 Å². The molecule has 0 bridgehead atoms. The van der Waals surface area contributed by atoms with Crippen LogP contribution in [0.2, 0.25) is 0 Å². The first-order chi connectivity index (χ1) is 22.7. The molecular weight excluding hydrogens is 609 g/mol. The number of anilines is 1. The van der Waals surface area contributed by atoms with E-state index >= 15 is 0 Å². The first-order valence-corrected chi connectivity index (χ1v) is 16.4. The SMILES string of the molecule is CCC1CN(C(=O)Nc2cnc(CN3CCN(CC)CC3)c(C(F)(F)F)c2)Cc2cc(Oc3ccnc4[nH]c(C5CC5)cc34)cnc21. The minimum absolute atomic E-state index is 0.00899. The maximum absolute atomic E-state index is 14.2. The number of H-pyrrole nitrogens is 1. The molecule has 0 radical (unpaired) electrons. The highest BCUT2D eigenvalue weighted by Crippen LogP contribution is 2.42. The van der Waals surface area contributed by atoms with Gasteiger partial charge in [0.2, 0.25) is 0 Å². The number of alkyl halides is 3. The monoisotopic (exact) mass is 648 g/mol. The van der Waals surface area contributed by atoms with Crippen LogP contribution >= 0.6 is 0 Å². The summed E-state index contributed by atoms with van der Waals surface area (Å²) in [6.07, 6.45) is 3.20. The van der Waals surface area contributed by atoms with E-state index in [4.69, 9.17) is 9.72 Å². The lowest BCUT2D eigenvalue weighted by molar-refractivity contribution is -0.138. The molecule has 3 aliphatic rings. The number of carbonyl (C=O) groups excluding carboxylic acids is 1. The normalized spacial score (nSPS) is 19.2. The fourth-order valence-corrected chi connectivity index (χ4v) is 6.61. The van der Waals surface area contributed by atoms with E-state index in [-0.39, 0.29) is 30.4 Å². The number of piperazine rings is 1. The minimum atomic E-state index is -4.60. The Balaban J connectivity index is 1.07. The molecule has 2 amide bonds. The highest BCUT2D eigenvalue weighted by atomic mass is 19.4. The van der Waals surface area contributed by atoms with Crippen LogP contribution in [0.15, 0.2) is 42.9 Å². The number of fused-ring (bicyclic) bond motifs is 2. The predicted molar refractivity (Wildman–Crippen MR) is 171 cm³/mol. The number of rotatable bonds is 8. The van der Waals surface area contributed by atoms with Gasteiger partial charge in [-0.1, -0.05) is 13.8 Å². The third kappa shape index (κ3) is 6.77. The maximum Gasteiger partial charge on any atom is 0.418 e. The van der Waals surface area contributed by atoms with Gasteiger partial charge in [-0.3, -0.25) is 14.9 Å². The van der Waals surface area contributed by atoms with Gasteiger partial charge in [0, 0.05) is 63.6 Å². The number of carbonyl (C=O) groups is 1. The molecule has 1 aliphatic carbocycles. The Morgan fingerprint density at radius 1 is 1.04 bits per heavy atom. The number of amides is 2. The van der Waals surface area contributed by atoms with Crippen molar-refractivity contribution in [2.24, 2.45) is 0 Å². The Morgan fingerprint density at radius 2 is 1.83 bits per heavy atom. The van der Waals surface area contributed by atoms with Crippen molar-refractivity contribution in [2.45, 2.75) is 64.2 Å². The largest absolute Gasteiger partial charge is 0.455 e. The van der Waals surface area contributed by atoms with Gasteiger partial charge in [-0.25, -0.2) is 9.78 Å². The van der Waals surface area contributed by atoms with Crippen LogP contribution in [0.25, 0.3) is 11.0 Å². The number of hydrogen-bond acceptors (Lipinski definition) is 7. The average Bonchev–Trinajstić information content (AvgIpc) is 3.83. The van der Waals surface area contributed by atoms with E-state index in [1.807, 2.05) is 24.0 Å². The highest BCUT2D eigenvalue weighted by molar-refractivity contribution is 5.89. The molecule has 47 heavy (non-hydrogen) atoms. The molecule has 4 aromatic heterocycles. The summed E-state index contributed by atoms with van der Waals surface area (Å²) < 4.78 is 48.8. The van der Waals surface area contributed by atoms with Crippen molar-refractivity contribution in [1.29, 1.82) is 0 Å². The lowest BCUT2D eigenvalue weighted by atomic mass is 9.92. The number of nitrogens with one attached hydrogen (secondary N) is 2. The molecule has 1 atom stereocenters. The number of aromatic nitrogens is 4. The van der Waals surface area contributed by atoms with E-state index in [9.17, 15) is 18.0 Å². The van der Waals surface area contributed by atoms with Gasteiger partial charge in [-0.05, 0) is 61.6 Å². The molecule has 248 valence electrons. The summed E-state index contributed by atoms with van der Waals surface area (Å²) in [5.41, 5.74) is 2.81. The smallest absolute Gasteiger partial charge is 0.418 e. The van der Waals surface area contributed by atoms with Crippen LogP contribution in [0.4, 0.5) is 23.7 Å². The van der Waals surface area contributed by atoms with Gasteiger partial charge >= 0.3 is 12.2 Å². The molecule has 0 spiro atoms. The van der Waals surface area contributed by atoms with E-state index in [1.54, 1.807) is 17.3 Å². The van der Waals surface area contributed by atoms with Crippen LogP contribution in [0.3, 0.4) is 0 Å². The maximum atomic E-state index is 14.2. The Kier molecular flexibility index (Phi) is 8.52. The quantitative estimate of drug-likeness (QED) is 0.219. The fourth-order valence-electron chi connectivity index (χ4n) is 6.61. The number of aromatic amines is 1. The van der Waals surface area contributed by atoms with Crippen molar-refractivity contribution in [3.05, 3.63) is 71.1 Å².